The molecule has 24 heteroatoms. The first-order valence-electron chi connectivity index (χ1n) is 34.3. The Bertz CT molecular complexity index is 3010. The van der Waals surface area contributed by atoms with Gasteiger partial charge in [0.1, 0.15) is 18.1 Å². The summed E-state index contributed by atoms with van der Waals surface area (Å²) in [5.74, 6) is -6.03. The predicted octanol–water partition coefficient (Wildman–Crippen LogP) is 7.00. The molecule has 0 radical (unpaired) electrons. The van der Waals surface area contributed by atoms with Crippen molar-refractivity contribution in [2.24, 2.45) is 47.2 Å². The van der Waals surface area contributed by atoms with Crippen LogP contribution >= 0.6 is 0 Å². The van der Waals surface area contributed by atoms with Gasteiger partial charge in [-0.3, -0.25) is 62.5 Å². The second-order valence-corrected chi connectivity index (χ2v) is 27.4. The third-order valence-corrected chi connectivity index (χ3v) is 19.0. The average molecular weight is 1360 g/mol. The molecule has 0 unspecified atom stereocenters. The minimum absolute atomic E-state index is 0.0159. The highest BCUT2D eigenvalue weighted by atomic mass is 16.5. The number of ether oxygens (including phenoxy) is 4. The largest absolute Gasteiger partial charge is 0.497 e. The quantitative estimate of drug-likeness (QED) is 0.0295. The Kier molecular flexibility index (Phi) is 33.9. The van der Waals surface area contributed by atoms with E-state index >= 15 is 4.79 Å². The number of rotatable bonds is 44. The molecular weight excluding hydrogens is 1240 g/mol. The molecule has 0 saturated carbocycles. The Labute approximate surface area is 573 Å². The summed E-state index contributed by atoms with van der Waals surface area (Å²) in [6.45, 7) is 16.8. The van der Waals surface area contributed by atoms with Gasteiger partial charge in [0.25, 0.3) is 11.8 Å². The second kappa shape index (κ2) is 40.3. The standard InChI is InChI=1S/C73H110N8O16/c1-16-47(8)68(79(12)72(92)56(45(4)5)39-60(84)67(46(6)7)78(10)11)62(95-14)40-66(89)81-42-52(37-58(81)69(96-15)48(9)70(90)75-41-61(85)51-23-22-25-54(36-51)94-13)76-73(93)97-43-50-30-28-49(29-31-50)35-59(83)57(26-19-20-27-63(74)86)77-71(91)55(44(2)3)38-53(82)24-18-17-21-34-80-64(87)32-33-65(80)88/h22-23,25,28-33,36,44-48,52,55-58,62,67-69H,16-21,24,26-27,34-35,37-43H2,1-15H3,(H2,74,86)(H,75,90)(H,76,93)(H,77,91)/t47-,48+,52-,55-,56-,57-,58-,62+,67-,68-,69+/m0/s1. The Morgan fingerprint density at radius 3 is 1.93 bits per heavy atom. The molecule has 0 spiro atoms. The van der Waals surface area contributed by atoms with Crippen LogP contribution in [0.5, 0.6) is 5.75 Å². The van der Waals surface area contributed by atoms with E-state index in [1.807, 2.05) is 74.4 Å². The maximum Gasteiger partial charge on any atom is 0.407 e. The third-order valence-electron chi connectivity index (χ3n) is 19.0. The zero-order chi connectivity index (χ0) is 72.4. The van der Waals surface area contributed by atoms with Gasteiger partial charge >= 0.3 is 6.09 Å². The molecule has 0 bridgehead atoms. The number of primary amides is 1. The molecule has 8 amide bonds. The number of alkyl carbamates (subject to hydrolysis) is 1. The van der Waals surface area contributed by atoms with Crippen molar-refractivity contribution in [3.63, 3.8) is 0 Å². The van der Waals surface area contributed by atoms with Crippen molar-refractivity contribution in [1.29, 1.82) is 0 Å². The lowest BCUT2D eigenvalue weighted by molar-refractivity contribution is -0.149. The number of carbonyl (C=O) groups is 12. The van der Waals surface area contributed by atoms with E-state index in [4.69, 9.17) is 24.7 Å². The number of methoxy groups -OCH3 is 3. The first-order valence-corrected chi connectivity index (χ1v) is 34.3. The molecule has 97 heavy (non-hydrogen) atoms. The molecule has 2 aromatic carbocycles. The number of Topliss-reactive ketones (excluding diaryl/α,β-unsaturated/α-hetero) is 4. The monoisotopic (exact) mass is 1350 g/mol. The summed E-state index contributed by atoms with van der Waals surface area (Å²) in [4.78, 5) is 167. The van der Waals surface area contributed by atoms with E-state index in [0.717, 1.165) is 4.90 Å². The average Bonchev–Trinajstić information content (AvgIpc) is 1.69. The molecule has 2 aliphatic rings. The lowest BCUT2D eigenvalue weighted by Crippen LogP contribution is -2.54. The number of hydrogen-bond acceptors (Lipinski definition) is 17. The number of nitrogens with zero attached hydrogens (tertiary/aromatic N) is 4. The number of carbonyl (C=O) groups excluding carboxylic acids is 12. The topological polar surface area (TPSA) is 317 Å². The van der Waals surface area contributed by atoms with Gasteiger partial charge in [-0.2, -0.15) is 0 Å². The van der Waals surface area contributed by atoms with Crippen LogP contribution in [0.4, 0.5) is 4.79 Å². The molecule has 5 N–H and O–H groups in total. The van der Waals surface area contributed by atoms with Crippen molar-refractivity contribution in [1.82, 2.24) is 35.6 Å². The smallest absolute Gasteiger partial charge is 0.407 e. The maximum absolute atomic E-state index is 15.1. The minimum Gasteiger partial charge on any atom is -0.497 e. The fourth-order valence-corrected chi connectivity index (χ4v) is 13.2. The van der Waals surface area contributed by atoms with Crippen LogP contribution < -0.4 is 26.4 Å². The first-order chi connectivity index (χ1) is 45.9. The van der Waals surface area contributed by atoms with Crippen LogP contribution in [-0.2, 0) is 75.2 Å². The number of likely N-dealkylation sites (N-methyl/N-ethyl adjacent to an activating group) is 2. The number of nitrogens with two attached hydrogens (primary N) is 1. The van der Waals surface area contributed by atoms with Crippen LogP contribution in [0.15, 0.2) is 60.7 Å². The number of amides is 8. The minimum atomic E-state index is -0.955. The second-order valence-electron chi connectivity index (χ2n) is 27.4. The number of imide groups is 1. The van der Waals surface area contributed by atoms with Gasteiger partial charge < -0.3 is 50.4 Å². The molecule has 1 saturated heterocycles. The van der Waals surface area contributed by atoms with E-state index < -0.39 is 83.9 Å². The Balaban J connectivity index is 1.50. The van der Waals surface area contributed by atoms with Gasteiger partial charge in [-0.25, -0.2) is 4.79 Å². The van der Waals surface area contributed by atoms with Crippen LogP contribution in [-0.4, -0.2) is 195 Å². The molecule has 2 heterocycles. The Morgan fingerprint density at radius 2 is 1.35 bits per heavy atom. The molecule has 4 rings (SSSR count). The van der Waals surface area contributed by atoms with Gasteiger partial charge in [-0.05, 0) is 93.1 Å². The van der Waals surface area contributed by atoms with E-state index in [1.54, 1.807) is 72.3 Å². The van der Waals surface area contributed by atoms with E-state index in [2.05, 4.69) is 16.0 Å². The summed E-state index contributed by atoms with van der Waals surface area (Å²) < 4.78 is 23.2. The number of hydrogen-bond donors (Lipinski definition) is 4. The lowest BCUT2D eigenvalue weighted by Gasteiger charge is -2.41. The van der Waals surface area contributed by atoms with Crippen molar-refractivity contribution < 1.29 is 76.5 Å². The zero-order valence-electron chi connectivity index (χ0n) is 60.0. The van der Waals surface area contributed by atoms with Gasteiger partial charge in [-0.15, -0.1) is 0 Å². The van der Waals surface area contributed by atoms with Crippen LogP contribution in [0.3, 0.4) is 0 Å². The molecule has 0 aliphatic carbocycles. The summed E-state index contributed by atoms with van der Waals surface area (Å²) >= 11 is 0. The molecular formula is C73H110N8O16. The molecule has 11 atom stereocenters. The van der Waals surface area contributed by atoms with E-state index in [9.17, 15) is 52.7 Å². The van der Waals surface area contributed by atoms with Crippen molar-refractivity contribution in [3.05, 3.63) is 77.4 Å². The fraction of sp³-hybridized carbons (Fsp3) is 0.644. The van der Waals surface area contributed by atoms with Gasteiger partial charge in [0, 0.05) is 96.0 Å². The normalized spacial score (nSPS) is 17.5. The summed E-state index contributed by atoms with van der Waals surface area (Å²) in [6, 6.07) is 9.91. The van der Waals surface area contributed by atoms with Crippen LogP contribution in [0.25, 0.3) is 0 Å². The maximum atomic E-state index is 15.1. The highest BCUT2D eigenvalue weighted by Crippen LogP contribution is 2.32. The zero-order valence-corrected chi connectivity index (χ0v) is 60.0. The summed E-state index contributed by atoms with van der Waals surface area (Å²) in [6.07, 6.45) is 3.34. The van der Waals surface area contributed by atoms with Crippen molar-refractivity contribution in [3.8, 4) is 5.75 Å². The van der Waals surface area contributed by atoms with E-state index in [1.165, 1.54) is 33.5 Å². The highest BCUT2D eigenvalue weighted by molar-refractivity contribution is 6.12. The van der Waals surface area contributed by atoms with Crippen LogP contribution in [0.1, 0.15) is 167 Å². The number of unbranched alkanes of at least 4 members (excludes halogenated alkanes) is 3. The highest BCUT2D eigenvalue weighted by Gasteiger charge is 2.46. The molecule has 0 aromatic heterocycles. The van der Waals surface area contributed by atoms with E-state index in [-0.39, 0.29) is 148 Å². The van der Waals surface area contributed by atoms with Gasteiger partial charge in [0.15, 0.2) is 17.3 Å². The van der Waals surface area contributed by atoms with Gasteiger partial charge in [0.05, 0.1) is 68.4 Å². The number of ketones is 4. The molecule has 2 aromatic rings. The fourth-order valence-electron chi connectivity index (χ4n) is 13.2. The first kappa shape index (κ1) is 81.7. The Morgan fingerprint density at radius 1 is 0.711 bits per heavy atom. The summed E-state index contributed by atoms with van der Waals surface area (Å²) in [7, 11) is 9.78. The number of nitrogens with one attached hydrogen (secondary N) is 3. The van der Waals surface area contributed by atoms with Crippen molar-refractivity contribution in [2.75, 3.05) is 62.1 Å². The summed E-state index contributed by atoms with van der Waals surface area (Å²) in [5, 5.41) is 8.55. The van der Waals surface area contributed by atoms with Crippen LogP contribution in [0, 0.1) is 41.4 Å². The van der Waals surface area contributed by atoms with Gasteiger partial charge in [0.2, 0.25) is 29.5 Å². The van der Waals surface area contributed by atoms with Gasteiger partial charge in [-0.1, -0.05) is 118 Å². The molecule has 2 aliphatic heterocycles. The summed E-state index contributed by atoms with van der Waals surface area (Å²) in [5.41, 5.74) is 6.91. The van der Waals surface area contributed by atoms with E-state index in [0.29, 0.717) is 61.0 Å². The SMILES string of the molecule is CC[C@H](C)[C@@H]([C@@H](CC(=O)N1C[C@@H](NC(=O)OCc2ccc(CC(=O)[C@H](CCCCC(N)=O)NC(=O)[C@@H](CC(=O)CCCCCN3C(=O)C=CC3=O)C(C)C)cc2)C[C@H]1[C@H](OC)[C@@H](C)C(=O)NCC(=O)c1cccc(OC)c1)OC)N(C)C(=O)[C@@H](CC(=O)[C@H](C(C)C)N(C)C)C(C)C. The number of benzene rings is 2. The lowest BCUT2D eigenvalue weighted by atomic mass is 9.83. The van der Waals surface area contributed by atoms with Crippen molar-refractivity contribution in [2.45, 2.75) is 201 Å². The number of likely N-dealkylation sites (tertiary alicyclic amines) is 1. The molecule has 1 fully saturated rings. The Hall–Kier alpha value is -7.70. The van der Waals surface area contributed by atoms with Crippen molar-refractivity contribution >= 4 is 70.6 Å². The molecule has 538 valence electrons. The third kappa shape index (κ3) is 25.0. The van der Waals surface area contributed by atoms with Crippen LogP contribution in [0.2, 0.25) is 0 Å². The molecule has 24 nitrogen and oxygen atoms in total. The predicted molar refractivity (Wildman–Crippen MR) is 366 cm³/mol.